The highest BCUT2D eigenvalue weighted by atomic mass is 15.4. The van der Waals surface area contributed by atoms with Crippen molar-refractivity contribution in [2.75, 3.05) is 52.9 Å². The summed E-state index contributed by atoms with van der Waals surface area (Å²) in [7, 11) is 2.25. The summed E-state index contributed by atoms with van der Waals surface area (Å²) in [4.78, 5) is 7.95. The van der Waals surface area contributed by atoms with Crippen molar-refractivity contribution in [3.8, 4) is 0 Å². The van der Waals surface area contributed by atoms with Crippen LogP contribution >= 0.6 is 0 Å². The number of nitrogens with zero attached hydrogens (tertiary/aromatic N) is 3. The average Bonchev–Trinajstić information content (AvgIpc) is 2.95. The van der Waals surface area contributed by atoms with Crippen molar-refractivity contribution in [1.82, 2.24) is 14.7 Å². The van der Waals surface area contributed by atoms with Crippen LogP contribution in [-0.4, -0.2) is 73.6 Å². The van der Waals surface area contributed by atoms with Crippen LogP contribution in [0.1, 0.15) is 33.1 Å². The first-order valence-electron chi connectivity index (χ1n) is 8.63. The molecule has 0 aromatic rings. The molecule has 1 aliphatic carbocycles. The van der Waals surface area contributed by atoms with Gasteiger partial charge >= 0.3 is 0 Å². The van der Waals surface area contributed by atoms with Gasteiger partial charge in [0.15, 0.2) is 0 Å². The first-order chi connectivity index (χ1) is 9.48. The van der Waals surface area contributed by atoms with Crippen LogP contribution in [-0.2, 0) is 0 Å². The molecule has 0 amide bonds. The Morgan fingerprint density at radius 3 is 2.20 bits per heavy atom. The highest BCUT2D eigenvalue weighted by molar-refractivity contribution is 5.09. The van der Waals surface area contributed by atoms with Gasteiger partial charge in [-0.15, -0.1) is 0 Å². The number of likely N-dealkylation sites (tertiary alicyclic amines) is 3. The highest BCUT2D eigenvalue weighted by Crippen LogP contribution is 2.52. The first-order valence-corrected chi connectivity index (χ1v) is 8.63. The molecular formula is C17H31N3. The lowest BCUT2D eigenvalue weighted by Gasteiger charge is -2.63. The molecule has 1 spiro atoms. The molecule has 3 nitrogen and oxygen atoms in total. The van der Waals surface area contributed by atoms with Gasteiger partial charge in [-0.1, -0.05) is 13.8 Å². The van der Waals surface area contributed by atoms with E-state index >= 15 is 0 Å². The molecule has 4 aliphatic rings. The summed E-state index contributed by atoms with van der Waals surface area (Å²) in [5, 5.41) is 0. The lowest BCUT2D eigenvalue weighted by Crippen LogP contribution is -2.76. The normalized spacial score (nSPS) is 33.0. The quantitative estimate of drug-likeness (QED) is 0.758. The average molecular weight is 277 g/mol. The molecule has 1 saturated carbocycles. The standard InChI is InChI=1S/C17H31N3/c1-14(2)6-16(4-5-16)11-19-7-15(8-19)20-12-17(13-20)9-18(3)10-17/h14-15H,4-13H2,1-3H3. The van der Waals surface area contributed by atoms with E-state index in [2.05, 4.69) is 35.6 Å². The Balaban J connectivity index is 1.18. The van der Waals surface area contributed by atoms with Crippen LogP contribution in [0.2, 0.25) is 0 Å². The van der Waals surface area contributed by atoms with Crippen molar-refractivity contribution >= 4 is 0 Å². The van der Waals surface area contributed by atoms with E-state index in [0.29, 0.717) is 5.41 Å². The molecule has 0 unspecified atom stereocenters. The molecule has 0 N–H and O–H groups in total. The molecule has 20 heavy (non-hydrogen) atoms. The van der Waals surface area contributed by atoms with Crippen LogP contribution < -0.4 is 0 Å². The van der Waals surface area contributed by atoms with E-state index in [1.165, 1.54) is 65.1 Å². The maximum Gasteiger partial charge on any atom is 0.0350 e. The largest absolute Gasteiger partial charge is 0.305 e. The Bertz CT molecular complexity index is 368. The minimum atomic E-state index is 0.713. The lowest BCUT2D eigenvalue weighted by atomic mass is 9.72. The molecule has 0 atom stereocenters. The lowest BCUT2D eigenvalue weighted by molar-refractivity contribution is -0.145. The molecule has 3 saturated heterocycles. The van der Waals surface area contributed by atoms with Crippen LogP contribution in [0.3, 0.4) is 0 Å². The van der Waals surface area contributed by atoms with Crippen LogP contribution in [0.25, 0.3) is 0 Å². The van der Waals surface area contributed by atoms with Crippen molar-refractivity contribution in [3.63, 3.8) is 0 Å². The molecule has 3 aliphatic heterocycles. The third-order valence-electron chi connectivity index (χ3n) is 6.10. The Morgan fingerprint density at radius 2 is 1.70 bits per heavy atom. The van der Waals surface area contributed by atoms with E-state index in [1.807, 2.05) is 0 Å². The monoisotopic (exact) mass is 277 g/mol. The predicted octanol–water partition coefficient (Wildman–Crippen LogP) is 1.74. The molecule has 3 heteroatoms. The van der Waals surface area contributed by atoms with Crippen LogP contribution in [0, 0.1) is 16.7 Å². The van der Waals surface area contributed by atoms with Gasteiger partial charge in [0.05, 0.1) is 0 Å². The van der Waals surface area contributed by atoms with Gasteiger partial charge in [-0.2, -0.15) is 0 Å². The predicted molar refractivity (Wildman–Crippen MR) is 82.9 cm³/mol. The van der Waals surface area contributed by atoms with E-state index in [4.69, 9.17) is 0 Å². The molecular weight excluding hydrogens is 246 g/mol. The summed E-state index contributed by atoms with van der Waals surface area (Å²) in [6.45, 7) is 14.3. The van der Waals surface area contributed by atoms with Gasteiger partial charge in [0.25, 0.3) is 0 Å². The molecule has 3 heterocycles. The van der Waals surface area contributed by atoms with Crippen LogP contribution in [0.15, 0.2) is 0 Å². The number of hydrogen-bond donors (Lipinski definition) is 0. The summed E-state index contributed by atoms with van der Waals surface area (Å²) in [6, 6.07) is 0.890. The minimum Gasteiger partial charge on any atom is -0.305 e. The SMILES string of the molecule is CC(C)CC1(CN2CC(N3CC4(CN(C)C4)C3)C2)CC1. The topological polar surface area (TPSA) is 9.72 Å². The summed E-state index contributed by atoms with van der Waals surface area (Å²) in [6.07, 6.45) is 4.43. The van der Waals surface area contributed by atoms with Crippen molar-refractivity contribution < 1.29 is 0 Å². The van der Waals surface area contributed by atoms with Crippen molar-refractivity contribution in [3.05, 3.63) is 0 Å². The fourth-order valence-corrected chi connectivity index (χ4v) is 5.22. The Hall–Kier alpha value is -0.120. The van der Waals surface area contributed by atoms with Crippen molar-refractivity contribution in [2.24, 2.45) is 16.7 Å². The third kappa shape index (κ3) is 2.32. The zero-order chi connectivity index (χ0) is 14.0. The van der Waals surface area contributed by atoms with E-state index in [-0.39, 0.29) is 0 Å². The Morgan fingerprint density at radius 1 is 1.05 bits per heavy atom. The van der Waals surface area contributed by atoms with E-state index in [9.17, 15) is 0 Å². The highest BCUT2D eigenvalue weighted by Gasteiger charge is 2.54. The Labute approximate surface area is 124 Å². The van der Waals surface area contributed by atoms with Crippen molar-refractivity contribution in [1.29, 1.82) is 0 Å². The van der Waals surface area contributed by atoms with E-state index in [0.717, 1.165) is 17.4 Å². The Kier molecular flexibility index (Phi) is 3.00. The van der Waals surface area contributed by atoms with Gasteiger partial charge in [0.2, 0.25) is 0 Å². The zero-order valence-corrected chi connectivity index (χ0v) is 13.6. The van der Waals surface area contributed by atoms with Crippen LogP contribution in [0.5, 0.6) is 0 Å². The first kappa shape index (κ1) is 13.5. The fourth-order valence-electron chi connectivity index (χ4n) is 5.22. The fraction of sp³-hybridized carbons (Fsp3) is 1.00. The van der Waals surface area contributed by atoms with Gasteiger partial charge in [-0.25, -0.2) is 0 Å². The number of rotatable bonds is 5. The smallest absolute Gasteiger partial charge is 0.0350 e. The summed E-state index contributed by atoms with van der Waals surface area (Å²) < 4.78 is 0. The summed E-state index contributed by atoms with van der Waals surface area (Å²) in [5.74, 6) is 0.875. The van der Waals surface area contributed by atoms with Crippen molar-refractivity contribution in [2.45, 2.75) is 39.2 Å². The van der Waals surface area contributed by atoms with E-state index < -0.39 is 0 Å². The minimum absolute atomic E-state index is 0.713. The molecule has 0 radical (unpaired) electrons. The molecule has 4 fully saturated rings. The van der Waals surface area contributed by atoms with Gasteiger partial charge in [-0.3, -0.25) is 9.80 Å². The van der Waals surface area contributed by atoms with E-state index in [1.54, 1.807) is 0 Å². The molecule has 0 bridgehead atoms. The van der Waals surface area contributed by atoms with Gasteiger partial charge < -0.3 is 4.90 Å². The van der Waals surface area contributed by atoms with Gasteiger partial charge in [0.1, 0.15) is 0 Å². The summed E-state index contributed by atoms with van der Waals surface area (Å²) in [5.41, 5.74) is 1.44. The summed E-state index contributed by atoms with van der Waals surface area (Å²) >= 11 is 0. The number of hydrogen-bond acceptors (Lipinski definition) is 3. The van der Waals surface area contributed by atoms with Gasteiger partial charge in [-0.05, 0) is 37.6 Å². The molecule has 4 rings (SSSR count). The second-order valence-corrected chi connectivity index (χ2v) is 9.02. The maximum atomic E-state index is 2.76. The molecule has 0 aromatic carbocycles. The maximum absolute atomic E-state index is 2.76. The second kappa shape index (κ2) is 4.44. The third-order valence-corrected chi connectivity index (χ3v) is 6.10. The second-order valence-electron chi connectivity index (χ2n) is 9.02. The molecule has 0 aromatic heterocycles. The molecule has 114 valence electrons. The van der Waals surface area contributed by atoms with Crippen LogP contribution in [0.4, 0.5) is 0 Å². The van der Waals surface area contributed by atoms with Gasteiger partial charge in [0, 0.05) is 57.3 Å². The zero-order valence-electron chi connectivity index (χ0n) is 13.6.